The molecule has 0 aliphatic heterocycles. The largest absolute Gasteiger partial charge is 0.587 e. The number of aromatic nitrogens is 4. The molecule has 0 saturated heterocycles. The zero-order chi connectivity index (χ0) is 13.5. The van der Waals surface area contributed by atoms with Crippen LogP contribution in [0.1, 0.15) is 0 Å². The van der Waals surface area contributed by atoms with Gasteiger partial charge in [0.15, 0.2) is 10.5 Å². The topological polar surface area (TPSA) is 69.6 Å². The van der Waals surface area contributed by atoms with E-state index in [0.29, 0.717) is 5.65 Å². The number of imidazole rings is 1. The summed E-state index contributed by atoms with van der Waals surface area (Å²) < 4.78 is 14.3. The molecule has 0 radical (unpaired) electrons. The van der Waals surface area contributed by atoms with Gasteiger partial charge in [0, 0.05) is 5.39 Å². The minimum atomic E-state index is -1.30. The first-order chi connectivity index (χ1) is 9.84. The third-order valence-corrected chi connectivity index (χ3v) is 4.52. The Labute approximate surface area is 117 Å². The van der Waals surface area contributed by atoms with Crippen molar-refractivity contribution in [1.29, 1.82) is 0 Å². The van der Waals surface area contributed by atoms with Crippen LogP contribution in [0.5, 0.6) is 0 Å². The number of H-pyrrole nitrogens is 1. The highest BCUT2D eigenvalue weighted by Gasteiger charge is 2.18. The Kier molecular flexibility index (Phi) is 2.51. The Morgan fingerprint density at radius 3 is 2.80 bits per heavy atom. The molecular weight excluding hydrogens is 272 g/mol. The van der Waals surface area contributed by atoms with Crippen LogP contribution in [0.15, 0.2) is 60.0 Å². The maximum atomic E-state index is 12.6. The fourth-order valence-electron chi connectivity index (χ4n) is 2.25. The minimum Gasteiger partial charge on any atom is -0.587 e. The number of nitrogens with zero attached hydrogens (tertiary/aromatic N) is 3. The molecule has 0 spiro atoms. The molecule has 6 heteroatoms. The Hall–Kier alpha value is -2.31. The normalized spacial score (nSPS) is 13.1. The second-order valence-corrected chi connectivity index (χ2v) is 5.73. The molecule has 1 atom stereocenters. The number of aromatic amines is 1. The van der Waals surface area contributed by atoms with E-state index in [1.807, 2.05) is 36.4 Å². The van der Waals surface area contributed by atoms with Gasteiger partial charge in [-0.25, -0.2) is 9.97 Å². The summed E-state index contributed by atoms with van der Waals surface area (Å²) in [4.78, 5) is 12.4. The number of hydrogen-bond donors (Lipinski definition) is 1. The number of hydrogen-bond acceptors (Lipinski definition) is 3. The molecule has 4 aromatic rings. The highest BCUT2D eigenvalue weighted by Crippen LogP contribution is 2.25. The van der Waals surface area contributed by atoms with E-state index < -0.39 is 11.4 Å². The molecule has 3 heterocycles. The SMILES string of the molecule is [O-][S+](c1ccccc1)n1ccc2c3[nH]cnc3cnc21. The first kappa shape index (κ1) is 11.5. The Balaban J connectivity index is 1.92. The lowest BCUT2D eigenvalue weighted by Crippen LogP contribution is -2.12. The highest BCUT2D eigenvalue weighted by molar-refractivity contribution is 7.90. The predicted molar refractivity (Wildman–Crippen MR) is 77.6 cm³/mol. The smallest absolute Gasteiger partial charge is 0.188 e. The molecule has 1 N–H and O–H groups in total. The van der Waals surface area contributed by atoms with Crippen LogP contribution in [0.4, 0.5) is 0 Å². The van der Waals surface area contributed by atoms with Crippen molar-refractivity contribution < 1.29 is 4.55 Å². The van der Waals surface area contributed by atoms with Gasteiger partial charge in [-0.1, -0.05) is 18.2 Å². The van der Waals surface area contributed by atoms with Crippen LogP contribution >= 0.6 is 0 Å². The molecule has 98 valence electrons. The summed E-state index contributed by atoms with van der Waals surface area (Å²) in [6, 6.07) is 11.2. The van der Waals surface area contributed by atoms with Crippen molar-refractivity contribution in [2.45, 2.75) is 4.90 Å². The van der Waals surface area contributed by atoms with Crippen LogP contribution in [0.3, 0.4) is 0 Å². The fourth-order valence-corrected chi connectivity index (χ4v) is 3.34. The van der Waals surface area contributed by atoms with Crippen molar-refractivity contribution in [2.75, 3.05) is 0 Å². The number of fused-ring (bicyclic) bond motifs is 3. The predicted octanol–water partition coefficient (Wildman–Crippen LogP) is 2.48. The van der Waals surface area contributed by atoms with Gasteiger partial charge in [0.1, 0.15) is 16.9 Å². The maximum Gasteiger partial charge on any atom is 0.188 e. The standard InChI is InChI=1S/C14H10N4OS/c19-20(10-4-2-1-3-5-10)18-7-6-11-13-12(16-9-17-13)8-15-14(11)18/h1-9H,(H,16,17). The molecule has 1 unspecified atom stereocenters. The molecule has 0 amide bonds. The van der Waals surface area contributed by atoms with Crippen molar-refractivity contribution >= 4 is 33.4 Å². The molecule has 0 aliphatic rings. The van der Waals surface area contributed by atoms with Gasteiger partial charge in [-0.3, -0.25) is 0 Å². The zero-order valence-electron chi connectivity index (χ0n) is 10.4. The van der Waals surface area contributed by atoms with Crippen molar-refractivity contribution in [1.82, 2.24) is 18.9 Å². The van der Waals surface area contributed by atoms with Gasteiger partial charge in [0.25, 0.3) is 0 Å². The van der Waals surface area contributed by atoms with E-state index in [-0.39, 0.29) is 0 Å². The second-order valence-electron chi connectivity index (χ2n) is 4.36. The van der Waals surface area contributed by atoms with Gasteiger partial charge in [-0.15, -0.1) is 3.97 Å². The van der Waals surface area contributed by atoms with Gasteiger partial charge in [-0.2, -0.15) is 0 Å². The van der Waals surface area contributed by atoms with Gasteiger partial charge in [0.05, 0.1) is 24.2 Å². The second kappa shape index (κ2) is 4.36. The number of pyridine rings is 1. The van der Waals surface area contributed by atoms with Gasteiger partial charge < -0.3 is 9.54 Å². The Morgan fingerprint density at radius 1 is 1.10 bits per heavy atom. The van der Waals surface area contributed by atoms with E-state index in [1.165, 1.54) is 0 Å². The van der Waals surface area contributed by atoms with Crippen LogP contribution in [0, 0.1) is 0 Å². The van der Waals surface area contributed by atoms with Gasteiger partial charge in [0.2, 0.25) is 0 Å². The first-order valence-corrected chi connectivity index (χ1v) is 7.22. The van der Waals surface area contributed by atoms with E-state index in [0.717, 1.165) is 21.3 Å². The lowest BCUT2D eigenvalue weighted by atomic mass is 10.3. The third kappa shape index (κ3) is 1.62. The van der Waals surface area contributed by atoms with Crippen molar-refractivity contribution in [3.8, 4) is 0 Å². The zero-order valence-corrected chi connectivity index (χ0v) is 11.2. The lowest BCUT2D eigenvalue weighted by molar-refractivity contribution is 0.587. The highest BCUT2D eigenvalue weighted by atomic mass is 32.2. The molecule has 0 bridgehead atoms. The summed E-state index contributed by atoms with van der Waals surface area (Å²) in [5.41, 5.74) is 2.41. The summed E-state index contributed by atoms with van der Waals surface area (Å²) >= 11 is -1.30. The summed E-state index contributed by atoms with van der Waals surface area (Å²) in [5.74, 6) is 0. The average molecular weight is 282 g/mol. The summed E-state index contributed by atoms with van der Waals surface area (Å²) in [5, 5.41) is 0.921. The molecule has 4 rings (SSSR count). The number of nitrogens with one attached hydrogen (secondary N) is 1. The molecule has 0 fully saturated rings. The average Bonchev–Trinajstić information content (AvgIpc) is 3.13. The van der Waals surface area contributed by atoms with E-state index in [1.54, 1.807) is 22.7 Å². The molecular formula is C14H10N4OS. The van der Waals surface area contributed by atoms with Crippen molar-refractivity contribution in [3.63, 3.8) is 0 Å². The Bertz CT molecular complexity index is 884. The minimum absolute atomic E-state index is 0.684. The van der Waals surface area contributed by atoms with Crippen LogP contribution in [0.25, 0.3) is 22.1 Å². The van der Waals surface area contributed by atoms with E-state index in [9.17, 15) is 4.55 Å². The quantitative estimate of drug-likeness (QED) is 0.574. The lowest BCUT2D eigenvalue weighted by Gasteiger charge is -2.10. The van der Waals surface area contributed by atoms with Crippen LogP contribution < -0.4 is 0 Å². The molecule has 0 aliphatic carbocycles. The van der Waals surface area contributed by atoms with Gasteiger partial charge in [-0.05, 0) is 18.2 Å². The Morgan fingerprint density at radius 2 is 1.95 bits per heavy atom. The molecule has 3 aromatic heterocycles. The van der Waals surface area contributed by atoms with Crippen LogP contribution in [-0.2, 0) is 11.4 Å². The van der Waals surface area contributed by atoms with E-state index >= 15 is 0 Å². The van der Waals surface area contributed by atoms with E-state index in [2.05, 4.69) is 15.0 Å². The van der Waals surface area contributed by atoms with Gasteiger partial charge >= 0.3 is 0 Å². The monoisotopic (exact) mass is 282 g/mol. The third-order valence-electron chi connectivity index (χ3n) is 3.20. The summed E-state index contributed by atoms with van der Waals surface area (Å²) in [7, 11) is 0. The number of rotatable bonds is 2. The molecule has 0 saturated carbocycles. The fraction of sp³-hybridized carbons (Fsp3) is 0. The molecule has 20 heavy (non-hydrogen) atoms. The van der Waals surface area contributed by atoms with Crippen LogP contribution in [-0.4, -0.2) is 23.5 Å². The number of benzene rings is 1. The first-order valence-electron chi connectivity index (χ1n) is 6.11. The molecule has 5 nitrogen and oxygen atoms in total. The van der Waals surface area contributed by atoms with Crippen molar-refractivity contribution in [3.05, 3.63) is 55.1 Å². The summed E-state index contributed by atoms with van der Waals surface area (Å²) in [6.45, 7) is 0. The maximum absolute atomic E-state index is 12.6. The van der Waals surface area contributed by atoms with Crippen molar-refractivity contribution in [2.24, 2.45) is 0 Å². The summed E-state index contributed by atoms with van der Waals surface area (Å²) in [6.07, 6.45) is 5.12. The van der Waals surface area contributed by atoms with Crippen LogP contribution in [0.2, 0.25) is 0 Å². The van der Waals surface area contributed by atoms with E-state index in [4.69, 9.17) is 0 Å². The molecule has 1 aromatic carbocycles.